The lowest BCUT2D eigenvalue weighted by molar-refractivity contribution is -0.0000357. The van der Waals surface area contributed by atoms with Crippen LogP contribution < -0.4 is 42.4 Å². The number of carbonyl (C=O) groups excluding carboxylic acids is 2. The summed E-state index contributed by atoms with van der Waals surface area (Å²) in [6.07, 6.45) is 4.18. The van der Waals surface area contributed by atoms with E-state index in [1.165, 1.54) is 27.6 Å². The Hall–Kier alpha value is -6.57. The molecular weight excluding hydrogens is 748 g/mol. The average Bonchev–Trinajstić information content (AvgIpc) is 3.26. The number of amides is 1. The van der Waals surface area contributed by atoms with Crippen LogP contribution in [-0.4, -0.2) is 81.5 Å². The van der Waals surface area contributed by atoms with Gasteiger partial charge in [0.05, 0.1) is 52.5 Å². The number of methoxy groups -OCH3 is 5. The second-order valence-corrected chi connectivity index (χ2v) is 11.7. The molecule has 14 heteroatoms. The number of nitrogens with zero attached hydrogens (tertiary/aromatic N) is 4. The molecule has 4 aromatic carbocycles. The van der Waals surface area contributed by atoms with Gasteiger partial charge in [-0.25, -0.2) is 24.7 Å². The molecule has 0 spiro atoms. The van der Waals surface area contributed by atoms with Crippen LogP contribution in [0.15, 0.2) is 110 Å². The number of para-hydroxylation sites is 2. The maximum Gasteiger partial charge on any atom is 0.341 e. The number of halogens is 1. The Labute approximate surface area is 339 Å². The predicted molar refractivity (Wildman–Crippen MR) is 214 cm³/mol. The highest BCUT2D eigenvalue weighted by Gasteiger charge is 2.16. The third kappa shape index (κ3) is 11.7. The molecule has 0 radical (unpaired) electrons. The molecule has 298 valence electrons. The molecule has 6 aromatic rings. The molecule has 0 aliphatic carbocycles. The maximum atomic E-state index is 12.1. The van der Waals surface area contributed by atoms with E-state index in [0.717, 1.165) is 56.5 Å². The van der Waals surface area contributed by atoms with Crippen molar-refractivity contribution in [1.29, 1.82) is 0 Å². The van der Waals surface area contributed by atoms with Gasteiger partial charge in [-0.1, -0.05) is 36.4 Å². The van der Waals surface area contributed by atoms with E-state index in [1.54, 1.807) is 52.9 Å². The minimum atomic E-state index is -0.439. The molecule has 0 bridgehead atoms. The summed E-state index contributed by atoms with van der Waals surface area (Å²) >= 11 is 0. The van der Waals surface area contributed by atoms with Gasteiger partial charge in [-0.3, -0.25) is 4.79 Å². The van der Waals surface area contributed by atoms with Crippen LogP contribution in [0.1, 0.15) is 43.2 Å². The summed E-state index contributed by atoms with van der Waals surface area (Å²) in [5.74, 6) is 1.89. The molecule has 0 atom stereocenters. The molecule has 0 aliphatic heterocycles. The first-order valence-electron chi connectivity index (χ1n) is 17.4. The Kier molecular flexibility index (Phi) is 17.9. The number of rotatable bonds is 12. The maximum absolute atomic E-state index is 12.1. The molecular formula is C43H46ClN6O7-. The number of carbonyl (C=O) groups is 2. The normalized spacial score (nSPS) is 9.89. The van der Waals surface area contributed by atoms with Crippen LogP contribution in [0.4, 0.5) is 0 Å². The summed E-state index contributed by atoms with van der Waals surface area (Å²) in [5, 5.41) is 2.63. The van der Waals surface area contributed by atoms with Gasteiger partial charge in [-0.2, -0.15) is 0 Å². The lowest BCUT2D eigenvalue weighted by atomic mass is 10.0. The van der Waals surface area contributed by atoms with Crippen LogP contribution in [0.3, 0.4) is 0 Å². The van der Waals surface area contributed by atoms with E-state index in [0.29, 0.717) is 35.5 Å². The van der Waals surface area contributed by atoms with Gasteiger partial charge in [-0.15, -0.1) is 0 Å². The van der Waals surface area contributed by atoms with Crippen molar-refractivity contribution in [2.45, 2.75) is 12.8 Å². The summed E-state index contributed by atoms with van der Waals surface area (Å²) in [6, 6.07) is 30.2. The smallest absolute Gasteiger partial charge is 0.341 e. The number of ether oxygens (including phenoxy) is 5. The molecule has 2 heterocycles. The van der Waals surface area contributed by atoms with E-state index in [4.69, 9.17) is 23.7 Å². The van der Waals surface area contributed by atoms with Crippen molar-refractivity contribution < 1.29 is 45.7 Å². The number of hydrogen-bond donors (Lipinski definition) is 2. The second kappa shape index (κ2) is 22.7. The fraction of sp³-hybridized carbons (Fsp3) is 0.209. The summed E-state index contributed by atoms with van der Waals surface area (Å²) < 4.78 is 26.2. The minimum absolute atomic E-state index is 0. The van der Waals surface area contributed by atoms with Crippen LogP contribution in [0.25, 0.3) is 22.5 Å². The second-order valence-electron chi connectivity index (χ2n) is 11.7. The van der Waals surface area contributed by atoms with Crippen molar-refractivity contribution in [3.05, 3.63) is 143 Å². The van der Waals surface area contributed by atoms with Crippen LogP contribution >= 0.6 is 0 Å². The average molecular weight is 794 g/mol. The Morgan fingerprint density at radius 2 is 0.982 bits per heavy atom. The Balaban J connectivity index is 0.000000288. The van der Waals surface area contributed by atoms with Crippen molar-refractivity contribution in [1.82, 2.24) is 25.3 Å². The first kappa shape index (κ1) is 44.8. The highest BCUT2D eigenvalue weighted by Crippen LogP contribution is 2.30. The topological polar surface area (TPSA) is 170 Å². The van der Waals surface area contributed by atoms with E-state index < -0.39 is 5.97 Å². The minimum Gasteiger partial charge on any atom is -1.00 e. The van der Waals surface area contributed by atoms with Crippen LogP contribution in [-0.2, 0) is 17.6 Å². The van der Waals surface area contributed by atoms with Crippen LogP contribution in [0.2, 0.25) is 0 Å². The quantitative estimate of drug-likeness (QED) is 0.174. The zero-order valence-electron chi connectivity index (χ0n) is 32.9. The summed E-state index contributed by atoms with van der Waals surface area (Å²) in [7, 11) is 10.8. The summed E-state index contributed by atoms with van der Waals surface area (Å²) in [6.45, 7) is 0. The van der Waals surface area contributed by atoms with E-state index in [-0.39, 0.29) is 18.3 Å². The van der Waals surface area contributed by atoms with Crippen molar-refractivity contribution in [3.8, 4) is 45.5 Å². The molecule has 6 rings (SSSR count). The monoisotopic (exact) mass is 793 g/mol. The SMILES string of the molecule is CN.CNC(=O)c1cc(Cc2cc(-c3ccccc3OC)ncn2)ccc1OC.COC(=O)c1cc(Cc2cc(-c3ccccc3OC)ncn2)ccc1OC.[Cl-]. The standard InChI is InChI=1S/C21H21N3O3.C21H20N2O4.CH5N.ClH/c1-22-21(25)17-11-14(8-9-20(17)27-3)10-15-12-18(24-13-23-15)16-6-4-5-7-19(16)26-2;1-25-19-7-5-4-6-16(19)18-12-15(22-13-23-18)10-14-8-9-20(26-2)17(11-14)21(24)27-3;1-2;/h4-9,11-13H,10H2,1-3H3,(H,22,25);4-9,11-13H,10H2,1-3H3;2H2,1H3;1H/p-1. The van der Waals surface area contributed by atoms with E-state index in [1.807, 2.05) is 78.9 Å². The lowest BCUT2D eigenvalue weighted by Crippen LogP contribution is -3.00. The van der Waals surface area contributed by atoms with Gasteiger partial charge in [0.1, 0.15) is 41.2 Å². The van der Waals surface area contributed by atoms with Gasteiger partial charge in [0.2, 0.25) is 0 Å². The van der Waals surface area contributed by atoms with Gasteiger partial charge >= 0.3 is 5.97 Å². The molecule has 0 saturated heterocycles. The van der Waals surface area contributed by atoms with E-state index in [2.05, 4.69) is 31.0 Å². The van der Waals surface area contributed by atoms with Gasteiger partial charge < -0.3 is 47.1 Å². The molecule has 1 amide bonds. The summed E-state index contributed by atoms with van der Waals surface area (Å²) in [4.78, 5) is 41.5. The molecule has 0 saturated carbocycles. The lowest BCUT2D eigenvalue weighted by Gasteiger charge is -2.11. The van der Waals surface area contributed by atoms with Gasteiger partial charge in [-0.05, 0) is 78.8 Å². The Morgan fingerprint density at radius 1 is 0.561 bits per heavy atom. The third-order valence-electron chi connectivity index (χ3n) is 8.39. The molecule has 2 aromatic heterocycles. The molecule has 3 N–H and O–H groups in total. The molecule has 0 fully saturated rings. The largest absolute Gasteiger partial charge is 1.00 e. The van der Waals surface area contributed by atoms with Crippen molar-refractivity contribution in [3.63, 3.8) is 0 Å². The number of hydrogen-bond acceptors (Lipinski definition) is 12. The van der Waals surface area contributed by atoms with Crippen molar-refractivity contribution in [2.24, 2.45) is 5.73 Å². The van der Waals surface area contributed by atoms with Crippen LogP contribution in [0.5, 0.6) is 23.0 Å². The molecule has 0 unspecified atom stereocenters. The third-order valence-corrected chi connectivity index (χ3v) is 8.39. The first-order chi connectivity index (χ1) is 27.3. The van der Waals surface area contributed by atoms with Gasteiger partial charge in [0, 0.05) is 42.4 Å². The zero-order valence-corrected chi connectivity index (χ0v) is 33.7. The number of benzene rings is 4. The highest BCUT2D eigenvalue weighted by molar-refractivity contribution is 5.97. The van der Waals surface area contributed by atoms with Crippen molar-refractivity contribution >= 4 is 11.9 Å². The van der Waals surface area contributed by atoms with E-state index >= 15 is 0 Å². The first-order valence-corrected chi connectivity index (χ1v) is 17.4. The predicted octanol–water partition coefficient (Wildman–Crippen LogP) is 3.23. The molecule has 57 heavy (non-hydrogen) atoms. The summed E-state index contributed by atoms with van der Waals surface area (Å²) in [5.41, 5.74) is 12.3. The highest BCUT2D eigenvalue weighted by atomic mass is 35.5. The number of nitrogens with one attached hydrogen (secondary N) is 1. The number of aromatic nitrogens is 4. The fourth-order valence-corrected chi connectivity index (χ4v) is 5.73. The van der Waals surface area contributed by atoms with Gasteiger partial charge in [0.25, 0.3) is 5.91 Å². The zero-order chi connectivity index (χ0) is 40.5. The fourth-order valence-electron chi connectivity index (χ4n) is 5.73. The molecule has 13 nitrogen and oxygen atoms in total. The van der Waals surface area contributed by atoms with Crippen molar-refractivity contribution in [2.75, 3.05) is 49.6 Å². The Bertz CT molecular complexity index is 2080. The van der Waals surface area contributed by atoms with Gasteiger partial charge in [0.15, 0.2) is 0 Å². The van der Waals surface area contributed by atoms with Crippen LogP contribution in [0, 0.1) is 0 Å². The van der Waals surface area contributed by atoms with E-state index in [9.17, 15) is 9.59 Å². The number of nitrogens with two attached hydrogens (primary N) is 1. The number of esters is 1. The Morgan fingerprint density at radius 3 is 1.40 bits per heavy atom. The molecule has 0 aliphatic rings.